The van der Waals surface area contributed by atoms with E-state index in [0.29, 0.717) is 0 Å². The van der Waals surface area contributed by atoms with Gasteiger partial charge in [-0.2, -0.15) is 0 Å². The third-order valence-corrected chi connectivity index (χ3v) is 4.02. The third-order valence-electron chi connectivity index (χ3n) is 4.02. The lowest BCUT2D eigenvalue weighted by atomic mass is 10.1. The van der Waals surface area contributed by atoms with Crippen LogP contribution in [0.15, 0.2) is 72.8 Å². The van der Waals surface area contributed by atoms with Crippen LogP contribution in [-0.2, 0) is 0 Å². The van der Waals surface area contributed by atoms with Gasteiger partial charge in [-0.1, -0.05) is 36.4 Å². The average Bonchev–Trinajstić information content (AvgIpc) is 2.52. The summed E-state index contributed by atoms with van der Waals surface area (Å²) in [7, 11) is 0. The van der Waals surface area contributed by atoms with E-state index in [9.17, 15) is 0 Å². The highest BCUT2D eigenvalue weighted by molar-refractivity contribution is 5.77. The molecule has 110 valence electrons. The van der Waals surface area contributed by atoms with Crippen molar-refractivity contribution in [3.05, 3.63) is 89.5 Å². The van der Waals surface area contributed by atoms with Crippen LogP contribution in [0.5, 0.6) is 0 Å². The van der Waals surface area contributed by atoms with E-state index in [0.717, 1.165) is 0 Å². The van der Waals surface area contributed by atoms with Gasteiger partial charge < -0.3 is 4.90 Å². The normalized spacial score (nSPS) is 10.5. The van der Waals surface area contributed by atoms with E-state index in [2.05, 4.69) is 98.5 Å². The molecule has 3 aromatic carbocycles. The molecule has 0 heterocycles. The predicted octanol–water partition coefficient (Wildman–Crippen LogP) is 6.08. The van der Waals surface area contributed by atoms with Crippen LogP contribution in [-0.4, -0.2) is 0 Å². The summed E-state index contributed by atoms with van der Waals surface area (Å²) in [5.74, 6) is 0. The molecule has 0 bridgehead atoms. The Morgan fingerprint density at radius 2 is 1.23 bits per heavy atom. The largest absolute Gasteiger partial charge is 0.310 e. The third kappa shape index (κ3) is 2.89. The van der Waals surface area contributed by atoms with Crippen molar-refractivity contribution < 1.29 is 0 Å². The van der Waals surface area contributed by atoms with Crippen LogP contribution >= 0.6 is 0 Å². The second kappa shape index (κ2) is 6.07. The molecule has 0 aliphatic rings. The molecule has 0 radical (unpaired) electrons. The van der Waals surface area contributed by atoms with Crippen molar-refractivity contribution in [3.8, 4) is 0 Å². The molecule has 1 nitrogen and oxygen atoms in total. The van der Waals surface area contributed by atoms with Crippen LogP contribution in [0.4, 0.5) is 17.1 Å². The molecule has 1 heteroatoms. The molecule has 0 N–H and O–H groups in total. The number of nitrogens with zero attached hydrogens (tertiary/aromatic N) is 1. The minimum Gasteiger partial charge on any atom is -0.310 e. The van der Waals surface area contributed by atoms with E-state index in [1.54, 1.807) is 0 Å². The molecule has 3 aromatic rings. The van der Waals surface area contributed by atoms with Gasteiger partial charge in [0, 0.05) is 17.1 Å². The van der Waals surface area contributed by atoms with Crippen molar-refractivity contribution in [2.24, 2.45) is 0 Å². The monoisotopic (exact) mass is 287 g/mol. The van der Waals surface area contributed by atoms with Gasteiger partial charge in [0.1, 0.15) is 0 Å². The Morgan fingerprint density at radius 3 is 1.91 bits per heavy atom. The standard InChI is InChI=1S/C21H21N/c1-16-8-7-11-20(14-16)22(19-9-5-4-6-10-19)21-13-12-17(2)18(3)15-21/h4-15H,1-3H3. The van der Waals surface area contributed by atoms with Crippen LogP contribution in [0.1, 0.15) is 16.7 Å². The van der Waals surface area contributed by atoms with E-state index in [-0.39, 0.29) is 0 Å². The van der Waals surface area contributed by atoms with Gasteiger partial charge in [0.05, 0.1) is 0 Å². The first kappa shape index (κ1) is 14.4. The van der Waals surface area contributed by atoms with Crippen molar-refractivity contribution in [1.29, 1.82) is 0 Å². The molecule has 3 rings (SSSR count). The first-order valence-electron chi connectivity index (χ1n) is 7.64. The molecule has 0 fully saturated rings. The van der Waals surface area contributed by atoms with Gasteiger partial charge in [-0.05, 0) is 73.9 Å². The minimum atomic E-state index is 1.18. The topological polar surface area (TPSA) is 3.24 Å². The quantitative estimate of drug-likeness (QED) is 0.564. The summed E-state index contributed by atoms with van der Waals surface area (Å²) in [5, 5.41) is 0. The zero-order valence-corrected chi connectivity index (χ0v) is 13.4. The van der Waals surface area contributed by atoms with Gasteiger partial charge >= 0.3 is 0 Å². The fraction of sp³-hybridized carbons (Fsp3) is 0.143. The van der Waals surface area contributed by atoms with Crippen molar-refractivity contribution in [2.75, 3.05) is 4.90 Å². The molecule has 0 aliphatic carbocycles. The SMILES string of the molecule is Cc1cccc(N(c2ccccc2)c2ccc(C)c(C)c2)c1. The lowest BCUT2D eigenvalue weighted by Gasteiger charge is -2.26. The summed E-state index contributed by atoms with van der Waals surface area (Å²) in [6, 6.07) is 25.8. The maximum Gasteiger partial charge on any atom is 0.0464 e. The van der Waals surface area contributed by atoms with Crippen molar-refractivity contribution in [3.63, 3.8) is 0 Å². The minimum absolute atomic E-state index is 1.18. The zero-order chi connectivity index (χ0) is 15.5. The molecule has 0 unspecified atom stereocenters. The Morgan fingerprint density at radius 1 is 0.545 bits per heavy atom. The summed E-state index contributed by atoms with van der Waals surface area (Å²) in [6.45, 7) is 6.45. The highest BCUT2D eigenvalue weighted by Gasteiger charge is 2.12. The van der Waals surface area contributed by atoms with Gasteiger partial charge in [-0.15, -0.1) is 0 Å². The Kier molecular flexibility index (Phi) is 3.97. The van der Waals surface area contributed by atoms with Gasteiger partial charge in [0.25, 0.3) is 0 Å². The smallest absolute Gasteiger partial charge is 0.0464 e. The fourth-order valence-corrected chi connectivity index (χ4v) is 2.66. The van der Waals surface area contributed by atoms with Crippen LogP contribution < -0.4 is 4.90 Å². The molecule has 0 saturated heterocycles. The highest BCUT2D eigenvalue weighted by Crippen LogP contribution is 2.35. The number of aryl methyl sites for hydroxylation is 3. The number of hydrogen-bond donors (Lipinski definition) is 0. The van der Waals surface area contributed by atoms with Crippen LogP contribution in [0.3, 0.4) is 0 Å². The summed E-state index contributed by atoms with van der Waals surface area (Å²) >= 11 is 0. The number of para-hydroxylation sites is 1. The first-order chi connectivity index (χ1) is 10.6. The summed E-state index contributed by atoms with van der Waals surface area (Å²) in [6.07, 6.45) is 0. The maximum atomic E-state index is 2.30. The lowest BCUT2D eigenvalue weighted by Crippen LogP contribution is -2.10. The molecule has 0 spiro atoms. The first-order valence-corrected chi connectivity index (χ1v) is 7.64. The van der Waals surface area contributed by atoms with Gasteiger partial charge in [-0.25, -0.2) is 0 Å². The van der Waals surface area contributed by atoms with E-state index in [4.69, 9.17) is 0 Å². The van der Waals surface area contributed by atoms with E-state index in [1.165, 1.54) is 33.8 Å². The van der Waals surface area contributed by atoms with E-state index >= 15 is 0 Å². The highest BCUT2D eigenvalue weighted by atomic mass is 15.1. The Bertz CT molecular complexity index is 775. The Balaban J connectivity index is 2.16. The Labute approximate surface area is 132 Å². The summed E-state index contributed by atoms with van der Waals surface area (Å²) in [4.78, 5) is 2.30. The molecule has 22 heavy (non-hydrogen) atoms. The second-order valence-corrected chi connectivity index (χ2v) is 5.78. The zero-order valence-electron chi connectivity index (χ0n) is 13.4. The number of rotatable bonds is 3. The molecular weight excluding hydrogens is 266 g/mol. The summed E-state index contributed by atoms with van der Waals surface area (Å²) < 4.78 is 0. The molecule has 0 aromatic heterocycles. The summed E-state index contributed by atoms with van der Waals surface area (Å²) in [5.41, 5.74) is 7.46. The van der Waals surface area contributed by atoms with Crippen LogP contribution in [0, 0.1) is 20.8 Å². The molecule has 0 aliphatic heterocycles. The van der Waals surface area contributed by atoms with Crippen molar-refractivity contribution >= 4 is 17.1 Å². The van der Waals surface area contributed by atoms with E-state index in [1.807, 2.05) is 0 Å². The Hall–Kier alpha value is -2.54. The fourth-order valence-electron chi connectivity index (χ4n) is 2.66. The average molecular weight is 287 g/mol. The van der Waals surface area contributed by atoms with Gasteiger partial charge in [-0.3, -0.25) is 0 Å². The molecule has 0 atom stereocenters. The van der Waals surface area contributed by atoms with Crippen molar-refractivity contribution in [2.45, 2.75) is 20.8 Å². The van der Waals surface area contributed by atoms with Crippen molar-refractivity contribution in [1.82, 2.24) is 0 Å². The molecule has 0 saturated carbocycles. The van der Waals surface area contributed by atoms with Crippen LogP contribution in [0.25, 0.3) is 0 Å². The lowest BCUT2D eigenvalue weighted by molar-refractivity contribution is 1.24. The number of hydrogen-bond acceptors (Lipinski definition) is 1. The van der Waals surface area contributed by atoms with Gasteiger partial charge in [0.2, 0.25) is 0 Å². The van der Waals surface area contributed by atoms with Gasteiger partial charge in [0.15, 0.2) is 0 Å². The van der Waals surface area contributed by atoms with Crippen LogP contribution in [0.2, 0.25) is 0 Å². The second-order valence-electron chi connectivity index (χ2n) is 5.78. The molecule has 0 amide bonds. The maximum absolute atomic E-state index is 2.30. The predicted molar refractivity (Wildman–Crippen MR) is 95.3 cm³/mol. The number of benzene rings is 3. The van der Waals surface area contributed by atoms with E-state index < -0.39 is 0 Å². The number of anilines is 3. The molecular formula is C21H21N.